The Kier molecular flexibility index (Phi) is 11.0. The average Bonchev–Trinajstić information content (AvgIpc) is 2.94. The van der Waals surface area contributed by atoms with Crippen LogP contribution in [0.25, 0.3) is 11.6 Å². The van der Waals surface area contributed by atoms with Gasteiger partial charge in [0.05, 0.1) is 16.6 Å². The second-order valence-electron chi connectivity index (χ2n) is 9.39. The van der Waals surface area contributed by atoms with Gasteiger partial charge in [0.1, 0.15) is 12.7 Å². The Balaban J connectivity index is 1.97. The van der Waals surface area contributed by atoms with E-state index >= 15 is 0 Å². The van der Waals surface area contributed by atoms with Gasteiger partial charge in [-0.3, -0.25) is 29.3 Å². The molecule has 3 rings (SSSR count). The molecule has 0 aromatic heterocycles. The van der Waals surface area contributed by atoms with E-state index in [2.05, 4.69) is 0 Å². The zero-order valence-electron chi connectivity index (χ0n) is 24.0. The van der Waals surface area contributed by atoms with Crippen molar-refractivity contribution in [1.82, 2.24) is 0 Å². The van der Waals surface area contributed by atoms with E-state index in [1.54, 1.807) is 0 Å². The second-order valence-corrected chi connectivity index (χ2v) is 9.39. The number of carbonyl (C=O) groups excluding carboxylic acids is 4. The number of nitriles is 1. The smallest absolute Gasteiger partial charge is 0.303 e. The zero-order valence-corrected chi connectivity index (χ0v) is 24.0. The molecule has 2 aromatic carbocycles. The molecular formula is C29H28N2O13. The summed E-state index contributed by atoms with van der Waals surface area (Å²) >= 11 is 0. The van der Waals surface area contributed by atoms with E-state index in [0.29, 0.717) is 5.56 Å². The predicted molar refractivity (Wildman–Crippen MR) is 147 cm³/mol. The van der Waals surface area contributed by atoms with E-state index in [1.807, 2.05) is 6.07 Å². The van der Waals surface area contributed by atoms with Crippen LogP contribution < -0.4 is 4.74 Å². The predicted octanol–water partition coefficient (Wildman–Crippen LogP) is 2.83. The molecule has 0 saturated carbocycles. The van der Waals surface area contributed by atoms with Gasteiger partial charge in [-0.15, -0.1) is 0 Å². The zero-order chi connectivity index (χ0) is 32.6. The Hall–Kier alpha value is -5.49. The monoisotopic (exact) mass is 612 g/mol. The SMILES string of the molecule is CC(=O)OCC1OC(Oc2ccc(/C(C#N)=C/c3ccc([N+](=O)[O-])cc3)cc2O)C(OC(C)=O)C(OC(C)=O)C1OC(C)=O. The largest absolute Gasteiger partial charge is 0.504 e. The number of nitrogens with zero attached hydrogens (tertiary/aromatic N) is 2. The summed E-state index contributed by atoms with van der Waals surface area (Å²) < 4.78 is 32.7. The van der Waals surface area contributed by atoms with Gasteiger partial charge in [0.25, 0.3) is 5.69 Å². The molecule has 232 valence electrons. The Morgan fingerprint density at radius 2 is 1.52 bits per heavy atom. The fourth-order valence-corrected chi connectivity index (χ4v) is 4.23. The number of nitro benzene ring substituents is 1. The number of hydrogen-bond acceptors (Lipinski definition) is 14. The van der Waals surface area contributed by atoms with Gasteiger partial charge >= 0.3 is 23.9 Å². The van der Waals surface area contributed by atoms with Crippen molar-refractivity contribution in [2.45, 2.75) is 58.4 Å². The molecule has 0 radical (unpaired) electrons. The molecule has 5 unspecified atom stereocenters. The minimum absolute atomic E-state index is 0.105. The number of phenolic OH excluding ortho intramolecular Hbond substituents is 1. The lowest BCUT2D eigenvalue weighted by molar-refractivity contribution is -0.384. The average molecular weight is 613 g/mol. The fourth-order valence-electron chi connectivity index (χ4n) is 4.23. The van der Waals surface area contributed by atoms with E-state index in [4.69, 9.17) is 28.4 Å². The molecule has 15 nitrogen and oxygen atoms in total. The van der Waals surface area contributed by atoms with Crippen molar-refractivity contribution in [2.24, 2.45) is 0 Å². The molecule has 44 heavy (non-hydrogen) atoms. The third-order valence-corrected chi connectivity index (χ3v) is 6.00. The lowest BCUT2D eigenvalue weighted by Gasteiger charge is -2.43. The van der Waals surface area contributed by atoms with Crippen LogP contribution in [-0.4, -0.2) is 71.2 Å². The molecule has 0 spiro atoms. The molecule has 0 bridgehead atoms. The molecule has 1 aliphatic rings. The molecule has 5 atom stereocenters. The van der Waals surface area contributed by atoms with E-state index in [-0.39, 0.29) is 22.6 Å². The topological polar surface area (TPSA) is 211 Å². The van der Waals surface area contributed by atoms with Gasteiger partial charge in [-0.2, -0.15) is 5.26 Å². The molecule has 2 aromatic rings. The van der Waals surface area contributed by atoms with Gasteiger partial charge < -0.3 is 33.5 Å². The third kappa shape index (κ3) is 8.76. The Labute approximate surface area is 250 Å². The van der Waals surface area contributed by atoms with Gasteiger partial charge in [-0.05, 0) is 47.5 Å². The Morgan fingerprint density at radius 1 is 0.932 bits per heavy atom. The summed E-state index contributed by atoms with van der Waals surface area (Å²) in [6.07, 6.45) is -5.78. The quantitative estimate of drug-likeness (QED) is 0.102. The number of esters is 4. The molecule has 1 N–H and O–H groups in total. The molecule has 1 aliphatic heterocycles. The molecule has 1 heterocycles. The summed E-state index contributed by atoms with van der Waals surface area (Å²) in [5, 5.41) is 31.4. The summed E-state index contributed by atoms with van der Waals surface area (Å²) in [7, 11) is 0. The van der Waals surface area contributed by atoms with Crippen LogP contribution in [0.5, 0.6) is 11.5 Å². The van der Waals surface area contributed by atoms with Crippen LogP contribution in [0.2, 0.25) is 0 Å². The number of hydrogen-bond donors (Lipinski definition) is 1. The summed E-state index contributed by atoms with van der Waals surface area (Å²) in [5.74, 6) is -3.83. The van der Waals surface area contributed by atoms with Crippen molar-refractivity contribution >= 4 is 41.2 Å². The molecule has 0 amide bonds. The van der Waals surface area contributed by atoms with Crippen molar-refractivity contribution < 1.29 is 57.6 Å². The van der Waals surface area contributed by atoms with Crippen LogP contribution >= 0.6 is 0 Å². The van der Waals surface area contributed by atoms with Gasteiger partial charge in [-0.25, -0.2) is 0 Å². The minimum atomic E-state index is -1.58. The number of rotatable bonds is 10. The van der Waals surface area contributed by atoms with Crippen molar-refractivity contribution in [3.05, 3.63) is 63.7 Å². The van der Waals surface area contributed by atoms with E-state index in [1.165, 1.54) is 48.5 Å². The van der Waals surface area contributed by atoms with Gasteiger partial charge in [0.15, 0.2) is 23.7 Å². The van der Waals surface area contributed by atoms with Crippen LogP contribution in [0.4, 0.5) is 5.69 Å². The Morgan fingerprint density at radius 3 is 2.05 bits per heavy atom. The van der Waals surface area contributed by atoms with Crippen LogP contribution in [0.1, 0.15) is 38.8 Å². The highest BCUT2D eigenvalue weighted by molar-refractivity contribution is 5.90. The number of aromatic hydroxyl groups is 1. The highest BCUT2D eigenvalue weighted by Crippen LogP contribution is 2.35. The lowest BCUT2D eigenvalue weighted by Crippen LogP contribution is -2.63. The van der Waals surface area contributed by atoms with E-state index < -0.39 is 71.9 Å². The number of phenols is 1. The fraction of sp³-hybridized carbons (Fsp3) is 0.345. The molecule has 1 saturated heterocycles. The first-order valence-electron chi connectivity index (χ1n) is 13.0. The summed E-state index contributed by atoms with van der Waals surface area (Å²) in [4.78, 5) is 57.8. The van der Waals surface area contributed by atoms with Crippen LogP contribution in [0.15, 0.2) is 42.5 Å². The molecule has 0 aliphatic carbocycles. The first-order valence-corrected chi connectivity index (χ1v) is 13.0. The minimum Gasteiger partial charge on any atom is -0.504 e. The summed E-state index contributed by atoms with van der Waals surface area (Å²) in [6, 6.07) is 11.4. The lowest BCUT2D eigenvalue weighted by atomic mass is 9.98. The van der Waals surface area contributed by atoms with E-state index in [9.17, 15) is 39.7 Å². The van der Waals surface area contributed by atoms with Crippen LogP contribution in [0.3, 0.4) is 0 Å². The first-order chi connectivity index (χ1) is 20.8. The van der Waals surface area contributed by atoms with Gasteiger partial charge in [0.2, 0.25) is 12.4 Å². The number of benzene rings is 2. The van der Waals surface area contributed by atoms with Crippen molar-refractivity contribution in [1.29, 1.82) is 5.26 Å². The van der Waals surface area contributed by atoms with Gasteiger partial charge in [-0.1, -0.05) is 0 Å². The highest BCUT2D eigenvalue weighted by Gasteiger charge is 2.53. The van der Waals surface area contributed by atoms with E-state index in [0.717, 1.165) is 27.7 Å². The molecular weight excluding hydrogens is 584 g/mol. The van der Waals surface area contributed by atoms with Crippen LogP contribution in [-0.2, 0) is 42.9 Å². The number of carbonyl (C=O) groups is 4. The molecule has 15 heteroatoms. The van der Waals surface area contributed by atoms with Crippen molar-refractivity contribution in [2.75, 3.05) is 6.61 Å². The Bertz CT molecular complexity index is 1500. The van der Waals surface area contributed by atoms with Crippen molar-refractivity contribution in [3.63, 3.8) is 0 Å². The maximum atomic E-state index is 12.0. The maximum Gasteiger partial charge on any atom is 0.303 e. The molecule has 1 fully saturated rings. The van der Waals surface area contributed by atoms with Crippen LogP contribution in [0, 0.1) is 21.4 Å². The number of nitro groups is 1. The summed E-state index contributed by atoms with van der Waals surface area (Å²) in [6.45, 7) is 3.89. The first kappa shape index (κ1) is 33.0. The van der Waals surface area contributed by atoms with Crippen molar-refractivity contribution in [3.8, 4) is 17.6 Å². The summed E-state index contributed by atoms with van der Waals surface area (Å²) in [5.41, 5.74) is 0.733. The maximum absolute atomic E-state index is 12.0. The number of non-ortho nitro benzene ring substituents is 1. The standard InChI is InChI=1S/C29H28N2O13/c1-15(32)39-14-25-26(40-16(2)33)27(41-17(3)34)28(42-18(4)35)29(44-25)43-24-10-7-20(12-23(24)36)21(13-30)11-19-5-8-22(9-6-19)31(37)38/h5-12,25-29,36H,14H2,1-4H3/b21-11+. The second kappa shape index (κ2) is 14.6. The normalized spacial score (nSPS) is 21.2. The third-order valence-electron chi connectivity index (χ3n) is 6.00. The number of ether oxygens (including phenoxy) is 6. The number of allylic oxidation sites excluding steroid dienone is 1. The van der Waals surface area contributed by atoms with Gasteiger partial charge in [0, 0.05) is 39.8 Å². The highest BCUT2D eigenvalue weighted by atomic mass is 16.7.